The van der Waals surface area contributed by atoms with Crippen molar-refractivity contribution < 1.29 is 18.0 Å². The van der Waals surface area contributed by atoms with Crippen molar-refractivity contribution in [2.24, 2.45) is 4.99 Å². The second-order valence-corrected chi connectivity index (χ2v) is 3.80. The Hall–Kier alpha value is -2.39. The van der Waals surface area contributed by atoms with E-state index < -0.39 is 17.4 Å². The minimum atomic E-state index is -4.55. The van der Waals surface area contributed by atoms with Crippen LogP contribution in [0.1, 0.15) is 5.56 Å². The summed E-state index contributed by atoms with van der Waals surface area (Å²) in [6.45, 7) is 0. The maximum Gasteiger partial charge on any atom is 0.418 e. The second-order valence-electron chi connectivity index (χ2n) is 3.80. The second kappa shape index (κ2) is 5.08. The number of aliphatic imine (C=N–C) groups is 1. The van der Waals surface area contributed by atoms with E-state index >= 15 is 0 Å². The van der Waals surface area contributed by atoms with Gasteiger partial charge in [0.1, 0.15) is 0 Å². The van der Waals surface area contributed by atoms with Gasteiger partial charge in [-0.3, -0.25) is 0 Å². The molecule has 2 rings (SSSR count). The lowest BCUT2D eigenvalue weighted by Crippen LogP contribution is -2.05. The number of carbonyl (C=O) groups excluding carboxylic acids is 1. The number of halogens is 3. The van der Waals surface area contributed by atoms with Gasteiger partial charge in [0, 0.05) is 0 Å². The largest absolute Gasteiger partial charge is 0.418 e. The van der Waals surface area contributed by atoms with Crippen LogP contribution in [0.3, 0.4) is 0 Å². The first kappa shape index (κ1) is 13.1. The van der Waals surface area contributed by atoms with Crippen molar-refractivity contribution in [1.29, 1.82) is 0 Å². The van der Waals surface area contributed by atoms with Crippen LogP contribution in [0, 0.1) is 0 Å². The highest BCUT2D eigenvalue weighted by molar-refractivity contribution is 5.70. The van der Waals surface area contributed by atoms with E-state index in [1.165, 1.54) is 12.1 Å². The minimum absolute atomic E-state index is 0.427. The molecule has 0 bridgehead atoms. The zero-order chi connectivity index (χ0) is 13.9. The van der Waals surface area contributed by atoms with Crippen molar-refractivity contribution in [3.8, 4) is 11.1 Å². The quantitative estimate of drug-likeness (QED) is 0.585. The Kier molecular flexibility index (Phi) is 3.49. The van der Waals surface area contributed by atoms with E-state index in [0.717, 1.165) is 17.7 Å². The van der Waals surface area contributed by atoms with Crippen LogP contribution in [0.4, 0.5) is 18.9 Å². The summed E-state index contributed by atoms with van der Waals surface area (Å²) in [5.41, 5.74) is -0.0689. The Labute approximate surface area is 107 Å². The molecule has 5 heteroatoms. The number of benzene rings is 2. The van der Waals surface area contributed by atoms with Gasteiger partial charge in [-0.1, -0.05) is 36.4 Å². The first-order chi connectivity index (χ1) is 9.02. The molecule has 0 saturated heterocycles. The molecule has 2 aromatic rings. The van der Waals surface area contributed by atoms with E-state index in [-0.39, 0.29) is 0 Å². The van der Waals surface area contributed by atoms with Gasteiger partial charge >= 0.3 is 6.18 Å². The summed E-state index contributed by atoms with van der Waals surface area (Å²) in [6.07, 6.45) is -3.40. The Morgan fingerprint density at radius 3 is 2.21 bits per heavy atom. The summed E-state index contributed by atoms with van der Waals surface area (Å²) >= 11 is 0. The van der Waals surface area contributed by atoms with E-state index in [9.17, 15) is 18.0 Å². The number of isocyanates is 1. The third-order valence-electron chi connectivity index (χ3n) is 2.58. The molecule has 2 aromatic carbocycles. The van der Waals surface area contributed by atoms with Gasteiger partial charge in [-0.2, -0.15) is 18.2 Å². The lowest BCUT2D eigenvalue weighted by molar-refractivity contribution is -0.137. The maximum absolute atomic E-state index is 12.7. The summed E-state index contributed by atoms with van der Waals surface area (Å²) in [5, 5.41) is 0. The minimum Gasteiger partial charge on any atom is -0.211 e. The predicted octanol–water partition coefficient (Wildman–Crippen LogP) is 4.34. The zero-order valence-electron chi connectivity index (χ0n) is 9.61. The summed E-state index contributed by atoms with van der Waals surface area (Å²) in [4.78, 5) is 13.4. The smallest absolute Gasteiger partial charge is 0.211 e. The third-order valence-corrected chi connectivity index (χ3v) is 2.58. The van der Waals surface area contributed by atoms with E-state index in [1.807, 2.05) is 0 Å². The Morgan fingerprint density at radius 1 is 0.947 bits per heavy atom. The van der Waals surface area contributed by atoms with E-state index in [2.05, 4.69) is 4.99 Å². The van der Waals surface area contributed by atoms with Gasteiger partial charge in [0.05, 0.1) is 11.3 Å². The summed E-state index contributed by atoms with van der Waals surface area (Å²) in [7, 11) is 0. The number of alkyl halides is 3. The van der Waals surface area contributed by atoms with E-state index in [1.54, 1.807) is 30.3 Å². The van der Waals surface area contributed by atoms with Gasteiger partial charge in [0.15, 0.2) is 0 Å². The van der Waals surface area contributed by atoms with Crippen LogP contribution >= 0.6 is 0 Å². The molecule has 0 saturated carbocycles. The van der Waals surface area contributed by atoms with Gasteiger partial charge in [-0.05, 0) is 23.3 Å². The molecule has 2 nitrogen and oxygen atoms in total. The first-order valence-corrected chi connectivity index (χ1v) is 5.37. The summed E-state index contributed by atoms with van der Waals surface area (Å²) < 4.78 is 38.1. The van der Waals surface area contributed by atoms with Crippen LogP contribution in [-0.4, -0.2) is 6.08 Å². The molecule has 19 heavy (non-hydrogen) atoms. The molecule has 0 aliphatic rings. The third kappa shape index (κ3) is 2.89. The predicted molar refractivity (Wildman–Crippen MR) is 64.7 cm³/mol. The molecule has 0 aromatic heterocycles. The highest BCUT2D eigenvalue weighted by atomic mass is 19.4. The molecular formula is C14H8F3NO. The summed E-state index contributed by atoms with van der Waals surface area (Å²) in [5.74, 6) is 0. The standard InChI is InChI=1S/C14H8F3NO/c15-14(16,17)12-7-6-11(8-13(12)18-9-19)10-4-2-1-3-5-10/h1-8H. The van der Waals surface area contributed by atoms with Crippen molar-refractivity contribution in [1.82, 2.24) is 0 Å². The van der Waals surface area contributed by atoms with Gasteiger partial charge in [-0.15, -0.1) is 0 Å². The van der Waals surface area contributed by atoms with Crippen LogP contribution in [0.2, 0.25) is 0 Å². The fourth-order valence-electron chi connectivity index (χ4n) is 1.72. The Bertz CT molecular complexity index is 629. The van der Waals surface area contributed by atoms with Gasteiger partial charge in [0.25, 0.3) is 0 Å². The normalized spacial score (nSPS) is 10.9. The molecule has 0 heterocycles. The number of rotatable bonds is 2. The molecule has 96 valence electrons. The van der Waals surface area contributed by atoms with Gasteiger partial charge < -0.3 is 0 Å². The highest BCUT2D eigenvalue weighted by Crippen LogP contribution is 2.38. The number of hydrogen-bond acceptors (Lipinski definition) is 2. The topological polar surface area (TPSA) is 29.4 Å². The van der Waals surface area contributed by atoms with Crippen molar-refractivity contribution in [2.45, 2.75) is 6.18 Å². The van der Waals surface area contributed by atoms with Gasteiger partial charge in [-0.25, -0.2) is 4.79 Å². The number of hydrogen-bond donors (Lipinski definition) is 0. The fourth-order valence-corrected chi connectivity index (χ4v) is 1.72. The monoisotopic (exact) mass is 263 g/mol. The molecule has 0 amide bonds. The van der Waals surface area contributed by atoms with Crippen molar-refractivity contribution >= 4 is 11.8 Å². The van der Waals surface area contributed by atoms with Crippen LogP contribution in [-0.2, 0) is 11.0 Å². The molecule has 0 unspecified atom stereocenters. The SMILES string of the molecule is O=C=Nc1cc(-c2ccccc2)ccc1C(F)(F)F. The van der Waals surface area contributed by atoms with E-state index in [0.29, 0.717) is 5.56 Å². The Morgan fingerprint density at radius 2 is 1.63 bits per heavy atom. The zero-order valence-corrected chi connectivity index (χ0v) is 9.61. The molecule has 0 N–H and O–H groups in total. The molecule has 0 spiro atoms. The highest BCUT2D eigenvalue weighted by Gasteiger charge is 2.33. The van der Waals surface area contributed by atoms with E-state index in [4.69, 9.17) is 0 Å². The van der Waals surface area contributed by atoms with Gasteiger partial charge in [0.2, 0.25) is 6.08 Å². The average molecular weight is 263 g/mol. The average Bonchev–Trinajstić information content (AvgIpc) is 2.39. The van der Waals surface area contributed by atoms with Crippen LogP contribution in [0.15, 0.2) is 53.5 Å². The molecule has 0 radical (unpaired) electrons. The summed E-state index contributed by atoms with van der Waals surface area (Å²) in [6, 6.07) is 12.4. The lowest BCUT2D eigenvalue weighted by atomic mass is 10.0. The molecule has 0 atom stereocenters. The lowest BCUT2D eigenvalue weighted by Gasteiger charge is -2.10. The van der Waals surface area contributed by atoms with Crippen LogP contribution in [0.5, 0.6) is 0 Å². The molecule has 0 fully saturated rings. The first-order valence-electron chi connectivity index (χ1n) is 5.37. The van der Waals surface area contributed by atoms with Crippen LogP contribution in [0.25, 0.3) is 11.1 Å². The molecule has 0 aliphatic heterocycles. The fraction of sp³-hybridized carbons (Fsp3) is 0.0714. The van der Waals surface area contributed by atoms with Crippen molar-refractivity contribution in [2.75, 3.05) is 0 Å². The van der Waals surface area contributed by atoms with Crippen LogP contribution < -0.4 is 0 Å². The molecule has 0 aliphatic carbocycles. The Balaban J connectivity index is 2.57. The number of nitrogens with zero attached hydrogens (tertiary/aromatic N) is 1. The van der Waals surface area contributed by atoms with Crippen molar-refractivity contribution in [3.63, 3.8) is 0 Å². The molecular weight excluding hydrogens is 255 g/mol. The van der Waals surface area contributed by atoms with Crippen molar-refractivity contribution in [3.05, 3.63) is 54.1 Å². The maximum atomic E-state index is 12.7.